The maximum absolute atomic E-state index is 5.41. The van der Waals surface area contributed by atoms with Crippen molar-refractivity contribution in [2.24, 2.45) is 4.99 Å². The molecular weight excluding hydrogens is 352 g/mol. The Kier molecular flexibility index (Phi) is 7.70. The number of nitrogens with one attached hydrogen (secondary N) is 2. The molecule has 28 heavy (non-hydrogen) atoms. The lowest BCUT2D eigenvalue weighted by Crippen LogP contribution is -2.37. The minimum atomic E-state index is 0.580. The number of para-hydroxylation sites is 1. The van der Waals surface area contributed by atoms with E-state index in [1.807, 2.05) is 24.3 Å². The zero-order valence-corrected chi connectivity index (χ0v) is 17.1. The van der Waals surface area contributed by atoms with Crippen LogP contribution >= 0.6 is 0 Å². The summed E-state index contributed by atoms with van der Waals surface area (Å²) in [6.45, 7) is 5.40. The molecule has 0 unspecified atom stereocenters. The molecule has 0 fully saturated rings. The highest BCUT2D eigenvalue weighted by molar-refractivity contribution is 5.79. The molecule has 0 saturated carbocycles. The van der Waals surface area contributed by atoms with Crippen LogP contribution in [0.3, 0.4) is 0 Å². The number of nitrogens with zero attached hydrogens (tertiary/aromatic N) is 4. The summed E-state index contributed by atoms with van der Waals surface area (Å²) >= 11 is 0. The number of fused-ring (bicyclic) bond motifs is 1. The van der Waals surface area contributed by atoms with Gasteiger partial charge in [0.15, 0.2) is 5.96 Å². The van der Waals surface area contributed by atoms with Gasteiger partial charge in [0, 0.05) is 38.0 Å². The highest BCUT2D eigenvalue weighted by Gasteiger charge is 2.14. The van der Waals surface area contributed by atoms with Gasteiger partial charge < -0.3 is 19.9 Å². The Morgan fingerprint density at radius 1 is 1.18 bits per heavy atom. The molecule has 1 aliphatic rings. The molecule has 0 spiro atoms. The SMILES string of the molecule is CCNC(=NCc1ccccc1OC)NCCCc1nnc2n1CCCCC2. The minimum absolute atomic E-state index is 0.580. The van der Waals surface area contributed by atoms with Gasteiger partial charge in [-0.25, -0.2) is 4.99 Å². The third-order valence-electron chi connectivity index (χ3n) is 5.00. The fourth-order valence-electron chi connectivity index (χ4n) is 3.52. The molecule has 0 amide bonds. The van der Waals surface area contributed by atoms with Gasteiger partial charge in [0.05, 0.1) is 13.7 Å². The number of rotatable bonds is 8. The van der Waals surface area contributed by atoms with E-state index in [1.54, 1.807) is 7.11 Å². The van der Waals surface area contributed by atoms with Gasteiger partial charge in [0.25, 0.3) is 0 Å². The molecule has 152 valence electrons. The van der Waals surface area contributed by atoms with Crippen LogP contribution in [0.15, 0.2) is 29.3 Å². The van der Waals surface area contributed by atoms with Crippen molar-refractivity contribution in [1.29, 1.82) is 0 Å². The molecule has 0 bridgehead atoms. The number of hydrogen-bond donors (Lipinski definition) is 2. The van der Waals surface area contributed by atoms with Gasteiger partial charge in [-0.3, -0.25) is 0 Å². The summed E-state index contributed by atoms with van der Waals surface area (Å²) in [5.41, 5.74) is 1.08. The number of guanidine groups is 1. The maximum Gasteiger partial charge on any atom is 0.191 e. The molecule has 1 aliphatic heterocycles. The predicted molar refractivity (Wildman–Crippen MR) is 112 cm³/mol. The normalized spacial score (nSPS) is 14.3. The van der Waals surface area contributed by atoms with E-state index in [0.29, 0.717) is 6.54 Å². The standard InChI is InChI=1S/C21H32N6O/c1-3-22-21(24-16-17-10-6-7-11-18(17)28-2)23-14-9-13-20-26-25-19-12-5-4-8-15-27(19)20/h6-7,10-11H,3-5,8-9,12-16H2,1-2H3,(H2,22,23,24). The molecule has 0 aliphatic carbocycles. The fourth-order valence-corrected chi connectivity index (χ4v) is 3.52. The van der Waals surface area contributed by atoms with Crippen molar-refractivity contribution in [1.82, 2.24) is 25.4 Å². The number of hydrogen-bond acceptors (Lipinski definition) is 4. The summed E-state index contributed by atoms with van der Waals surface area (Å²) in [6.07, 6.45) is 6.75. The summed E-state index contributed by atoms with van der Waals surface area (Å²) in [6, 6.07) is 7.99. The van der Waals surface area contributed by atoms with Crippen molar-refractivity contribution in [2.45, 2.75) is 58.5 Å². The van der Waals surface area contributed by atoms with Crippen LogP contribution in [-0.4, -0.2) is 40.9 Å². The predicted octanol–water partition coefficient (Wildman–Crippen LogP) is 2.70. The van der Waals surface area contributed by atoms with Crippen LogP contribution in [0.5, 0.6) is 5.75 Å². The highest BCUT2D eigenvalue weighted by atomic mass is 16.5. The van der Waals surface area contributed by atoms with Gasteiger partial charge in [-0.15, -0.1) is 10.2 Å². The lowest BCUT2D eigenvalue weighted by Gasteiger charge is -2.12. The molecule has 2 heterocycles. The number of ether oxygens (including phenoxy) is 1. The minimum Gasteiger partial charge on any atom is -0.496 e. The topological polar surface area (TPSA) is 76.4 Å². The van der Waals surface area contributed by atoms with Crippen LogP contribution in [0.1, 0.15) is 49.8 Å². The van der Waals surface area contributed by atoms with E-state index in [1.165, 1.54) is 19.3 Å². The first-order valence-corrected chi connectivity index (χ1v) is 10.4. The highest BCUT2D eigenvalue weighted by Crippen LogP contribution is 2.18. The second kappa shape index (κ2) is 10.7. The lowest BCUT2D eigenvalue weighted by molar-refractivity contribution is 0.410. The summed E-state index contributed by atoms with van der Waals surface area (Å²) in [5.74, 6) is 3.98. The zero-order chi connectivity index (χ0) is 19.6. The van der Waals surface area contributed by atoms with Gasteiger partial charge in [-0.2, -0.15) is 0 Å². The molecule has 2 N–H and O–H groups in total. The van der Waals surface area contributed by atoms with E-state index in [4.69, 9.17) is 9.73 Å². The second-order valence-corrected chi connectivity index (χ2v) is 7.03. The number of methoxy groups -OCH3 is 1. The summed E-state index contributed by atoms with van der Waals surface area (Å²) in [4.78, 5) is 4.69. The molecule has 0 radical (unpaired) electrons. The van der Waals surface area contributed by atoms with E-state index in [0.717, 1.165) is 67.8 Å². The monoisotopic (exact) mass is 384 g/mol. The number of aromatic nitrogens is 3. The summed E-state index contributed by atoms with van der Waals surface area (Å²) in [5, 5.41) is 15.5. The summed E-state index contributed by atoms with van der Waals surface area (Å²) < 4.78 is 7.73. The first kappa shape index (κ1) is 20.2. The van der Waals surface area contributed by atoms with E-state index in [-0.39, 0.29) is 0 Å². The fraction of sp³-hybridized carbons (Fsp3) is 0.571. The average Bonchev–Trinajstić information content (AvgIpc) is 2.95. The Labute approximate surface area is 167 Å². The number of aryl methyl sites for hydroxylation is 2. The van der Waals surface area contributed by atoms with E-state index >= 15 is 0 Å². The van der Waals surface area contributed by atoms with Gasteiger partial charge in [-0.1, -0.05) is 24.6 Å². The van der Waals surface area contributed by atoms with Crippen LogP contribution in [0, 0.1) is 0 Å². The largest absolute Gasteiger partial charge is 0.496 e. The Hall–Kier alpha value is -2.57. The molecule has 7 heteroatoms. The van der Waals surface area contributed by atoms with Crippen LogP contribution in [0.2, 0.25) is 0 Å². The molecule has 7 nitrogen and oxygen atoms in total. The summed E-state index contributed by atoms with van der Waals surface area (Å²) in [7, 11) is 1.69. The molecule has 3 rings (SSSR count). The van der Waals surface area contributed by atoms with Crippen molar-refractivity contribution in [2.75, 3.05) is 20.2 Å². The van der Waals surface area contributed by atoms with Gasteiger partial charge in [-0.05, 0) is 32.3 Å². The Bertz CT molecular complexity index is 770. The Morgan fingerprint density at radius 3 is 2.93 bits per heavy atom. The third kappa shape index (κ3) is 5.47. The second-order valence-electron chi connectivity index (χ2n) is 7.03. The van der Waals surface area contributed by atoms with Crippen LogP contribution < -0.4 is 15.4 Å². The van der Waals surface area contributed by atoms with Gasteiger partial charge in [0.2, 0.25) is 0 Å². The molecule has 1 aromatic carbocycles. The third-order valence-corrected chi connectivity index (χ3v) is 5.00. The molecule has 0 saturated heterocycles. The maximum atomic E-state index is 5.41. The van der Waals surface area contributed by atoms with Crippen LogP contribution in [0.25, 0.3) is 0 Å². The smallest absolute Gasteiger partial charge is 0.191 e. The van der Waals surface area contributed by atoms with Gasteiger partial charge >= 0.3 is 0 Å². The van der Waals surface area contributed by atoms with E-state index in [9.17, 15) is 0 Å². The Balaban J connectivity index is 1.50. The molecular formula is C21H32N6O. The first-order valence-electron chi connectivity index (χ1n) is 10.4. The number of benzene rings is 1. The average molecular weight is 385 g/mol. The Morgan fingerprint density at radius 2 is 2.07 bits per heavy atom. The molecule has 2 aromatic rings. The van der Waals surface area contributed by atoms with Crippen molar-refractivity contribution in [3.63, 3.8) is 0 Å². The quantitative estimate of drug-likeness (QED) is 0.416. The van der Waals surface area contributed by atoms with Crippen LogP contribution in [0.4, 0.5) is 0 Å². The molecule has 1 aromatic heterocycles. The number of aliphatic imine (C=N–C) groups is 1. The van der Waals surface area contributed by atoms with E-state index < -0.39 is 0 Å². The van der Waals surface area contributed by atoms with E-state index in [2.05, 4.69) is 32.3 Å². The first-order chi connectivity index (χ1) is 13.8. The van der Waals surface area contributed by atoms with Crippen LogP contribution in [-0.2, 0) is 25.9 Å². The van der Waals surface area contributed by atoms with Crippen molar-refractivity contribution < 1.29 is 4.74 Å². The lowest BCUT2D eigenvalue weighted by atomic mass is 10.2. The van der Waals surface area contributed by atoms with Crippen molar-refractivity contribution >= 4 is 5.96 Å². The van der Waals surface area contributed by atoms with Gasteiger partial charge in [0.1, 0.15) is 17.4 Å². The zero-order valence-electron chi connectivity index (χ0n) is 17.1. The molecule has 0 atom stereocenters. The van der Waals surface area contributed by atoms with Crippen molar-refractivity contribution in [3.05, 3.63) is 41.5 Å². The van der Waals surface area contributed by atoms with Crippen molar-refractivity contribution in [3.8, 4) is 5.75 Å².